The molecule has 1 aromatic carbocycles. The Labute approximate surface area is 110 Å². The Morgan fingerprint density at radius 2 is 2.00 bits per heavy atom. The number of aliphatic imine (C=N–C) groups is 1. The summed E-state index contributed by atoms with van der Waals surface area (Å²) >= 11 is 0. The van der Waals surface area contributed by atoms with Crippen LogP contribution in [0.4, 0.5) is 5.69 Å². The summed E-state index contributed by atoms with van der Waals surface area (Å²) in [6, 6.07) is 6.31. The van der Waals surface area contributed by atoms with E-state index in [1.54, 1.807) is 24.3 Å². The number of isocyanates is 1. The molecule has 0 unspecified atom stereocenters. The standard InChI is InChI=1S/C10H9N2O2.Na/c1-2-11-10(14)8-3-5-9(6-4-8)12-7-13;/h3-6H,1-2H2,(H,11,14);/q-1;+1. The zero-order valence-electron chi connectivity index (χ0n) is 8.49. The molecular formula is C10H9N2NaO2. The topological polar surface area (TPSA) is 58.5 Å². The Morgan fingerprint density at radius 1 is 1.40 bits per heavy atom. The van der Waals surface area contributed by atoms with E-state index < -0.39 is 0 Å². The summed E-state index contributed by atoms with van der Waals surface area (Å²) in [4.78, 5) is 24.6. The first-order valence-corrected chi connectivity index (χ1v) is 4.03. The Hall–Kier alpha value is -0.930. The number of benzene rings is 1. The normalized spacial score (nSPS) is 8.33. The third-order valence-corrected chi connectivity index (χ3v) is 1.59. The number of nitrogens with zero attached hydrogens (tertiary/aromatic N) is 1. The van der Waals surface area contributed by atoms with E-state index in [0.717, 1.165) is 0 Å². The molecule has 15 heavy (non-hydrogen) atoms. The van der Waals surface area contributed by atoms with Crippen LogP contribution in [0.1, 0.15) is 10.4 Å². The average Bonchev–Trinajstić information content (AvgIpc) is 2.20. The molecule has 0 aliphatic heterocycles. The first-order chi connectivity index (χ1) is 6.77. The molecule has 0 aliphatic carbocycles. The Morgan fingerprint density at radius 3 is 2.47 bits per heavy atom. The van der Waals surface area contributed by atoms with Gasteiger partial charge in [-0.15, -0.1) is 6.54 Å². The minimum atomic E-state index is -0.193. The maximum absolute atomic E-state index is 11.3. The van der Waals surface area contributed by atoms with Crippen molar-refractivity contribution in [1.82, 2.24) is 5.32 Å². The molecule has 0 aliphatic rings. The van der Waals surface area contributed by atoms with Crippen molar-refractivity contribution in [2.24, 2.45) is 4.99 Å². The van der Waals surface area contributed by atoms with Crippen LogP contribution in [-0.4, -0.2) is 18.5 Å². The van der Waals surface area contributed by atoms with Crippen molar-refractivity contribution in [3.63, 3.8) is 0 Å². The molecule has 0 heterocycles. The van der Waals surface area contributed by atoms with Gasteiger partial charge in [-0.25, -0.2) is 4.79 Å². The molecule has 5 heteroatoms. The Kier molecular flexibility index (Phi) is 6.92. The smallest absolute Gasteiger partial charge is 0.382 e. The first kappa shape index (κ1) is 14.1. The molecule has 0 radical (unpaired) electrons. The van der Waals surface area contributed by atoms with Crippen LogP contribution in [0.2, 0.25) is 0 Å². The molecule has 0 atom stereocenters. The number of hydrogen-bond donors (Lipinski definition) is 1. The van der Waals surface area contributed by atoms with E-state index in [1.165, 1.54) is 6.08 Å². The Balaban J connectivity index is 0.00000196. The predicted octanol–water partition coefficient (Wildman–Crippen LogP) is -1.78. The van der Waals surface area contributed by atoms with Crippen LogP contribution in [0.15, 0.2) is 29.3 Å². The molecular weight excluding hydrogens is 203 g/mol. The second kappa shape index (κ2) is 7.37. The van der Waals surface area contributed by atoms with Gasteiger partial charge in [0.2, 0.25) is 12.0 Å². The quantitative estimate of drug-likeness (QED) is 0.279. The van der Waals surface area contributed by atoms with E-state index in [1.807, 2.05) is 0 Å². The maximum atomic E-state index is 11.3. The van der Waals surface area contributed by atoms with Gasteiger partial charge in [0.25, 0.3) is 0 Å². The molecule has 1 aromatic rings. The summed E-state index contributed by atoms with van der Waals surface area (Å²) in [6.07, 6.45) is 1.42. The van der Waals surface area contributed by atoms with E-state index in [9.17, 15) is 9.59 Å². The number of carbonyl (C=O) groups excluding carboxylic acids is 2. The van der Waals surface area contributed by atoms with Crippen LogP contribution in [0.5, 0.6) is 0 Å². The number of nitrogens with one attached hydrogen (secondary N) is 1. The number of carbonyl (C=O) groups is 1. The van der Waals surface area contributed by atoms with E-state index >= 15 is 0 Å². The van der Waals surface area contributed by atoms with Crippen LogP contribution < -0.4 is 34.9 Å². The third kappa shape index (κ3) is 4.40. The number of rotatable bonds is 3. The van der Waals surface area contributed by atoms with Gasteiger partial charge in [0.05, 0.1) is 5.69 Å². The van der Waals surface area contributed by atoms with Gasteiger partial charge in [-0.05, 0) is 24.3 Å². The maximum Gasteiger partial charge on any atom is 1.00 e. The van der Waals surface area contributed by atoms with Crippen LogP contribution >= 0.6 is 0 Å². The largest absolute Gasteiger partial charge is 1.00 e. The van der Waals surface area contributed by atoms with Gasteiger partial charge < -0.3 is 12.2 Å². The minimum Gasteiger partial charge on any atom is -0.382 e. The summed E-state index contributed by atoms with van der Waals surface area (Å²) in [5.74, 6) is -0.193. The molecule has 0 saturated carbocycles. The van der Waals surface area contributed by atoms with Crippen molar-refractivity contribution in [3.8, 4) is 0 Å². The SMILES string of the molecule is [CH2-]CNC(=O)c1ccc(N=C=O)cc1.[Na+]. The fourth-order valence-electron chi connectivity index (χ4n) is 0.956. The monoisotopic (exact) mass is 212 g/mol. The van der Waals surface area contributed by atoms with Gasteiger partial charge in [-0.1, -0.05) is 0 Å². The predicted molar refractivity (Wildman–Crippen MR) is 51.9 cm³/mol. The molecule has 0 saturated heterocycles. The molecule has 1 rings (SSSR count). The molecule has 4 nitrogen and oxygen atoms in total. The van der Waals surface area contributed by atoms with Gasteiger partial charge in [-0.3, -0.25) is 4.79 Å². The van der Waals surface area contributed by atoms with Crippen LogP contribution in [-0.2, 0) is 4.79 Å². The zero-order valence-corrected chi connectivity index (χ0v) is 10.5. The molecule has 0 aromatic heterocycles. The molecule has 0 fully saturated rings. The van der Waals surface area contributed by atoms with Gasteiger partial charge >= 0.3 is 29.6 Å². The number of hydrogen-bond acceptors (Lipinski definition) is 3. The second-order valence-electron chi connectivity index (χ2n) is 2.51. The molecule has 1 N–H and O–H groups in total. The van der Waals surface area contributed by atoms with E-state index in [4.69, 9.17) is 0 Å². The van der Waals surface area contributed by atoms with Crippen molar-refractivity contribution >= 4 is 17.7 Å². The van der Waals surface area contributed by atoms with Gasteiger partial charge in [0, 0.05) is 5.56 Å². The summed E-state index contributed by atoms with van der Waals surface area (Å²) < 4.78 is 0. The average molecular weight is 212 g/mol. The molecule has 72 valence electrons. The van der Waals surface area contributed by atoms with E-state index in [2.05, 4.69) is 17.2 Å². The Bertz CT molecular complexity index is 370. The van der Waals surface area contributed by atoms with Gasteiger partial charge in [0.15, 0.2) is 0 Å². The van der Waals surface area contributed by atoms with Crippen molar-refractivity contribution in [1.29, 1.82) is 0 Å². The fourth-order valence-corrected chi connectivity index (χ4v) is 0.956. The molecule has 0 bridgehead atoms. The summed E-state index contributed by atoms with van der Waals surface area (Å²) in [7, 11) is 0. The first-order valence-electron chi connectivity index (χ1n) is 4.03. The van der Waals surface area contributed by atoms with Crippen LogP contribution in [0.25, 0.3) is 0 Å². The molecule has 1 amide bonds. The van der Waals surface area contributed by atoms with Gasteiger partial charge in [0.1, 0.15) is 0 Å². The van der Waals surface area contributed by atoms with Crippen molar-refractivity contribution in [2.75, 3.05) is 6.54 Å². The van der Waals surface area contributed by atoms with Crippen molar-refractivity contribution in [2.45, 2.75) is 0 Å². The second-order valence-corrected chi connectivity index (χ2v) is 2.51. The third-order valence-electron chi connectivity index (χ3n) is 1.59. The molecule has 0 spiro atoms. The summed E-state index contributed by atoms with van der Waals surface area (Å²) in [6.45, 7) is 3.84. The van der Waals surface area contributed by atoms with Gasteiger partial charge in [-0.2, -0.15) is 4.99 Å². The fraction of sp³-hybridized carbons (Fsp3) is 0.100. The van der Waals surface area contributed by atoms with Crippen molar-refractivity contribution < 1.29 is 39.1 Å². The van der Waals surface area contributed by atoms with E-state index in [0.29, 0.717) is 17.8 Å². The van der Waals surface area contributed by atoms with Crippen LogP contribution in [0, 0.1) is 6.92 Å². The minimum absolute atomic E-state index is 0. The van der Waals surface area contributed by atoms with Crippen LogP contribution in [0.3, 0.4) is 0 Å². The summed E-state index contributed by atoms with van der Waals surface area (Å²) in [5.41, 5.74) is 0.990. The summed E-state index contributed by atoms with van der Waals surface area (Å²) in [5, 5.41) is 2.56. The zero-order chi connectivity index (χ0) is 10.4. The number of amides is 1. The van der Waals surface area contributed by atoms with E-state index in [-0.39, 0.29) is 35.5 Å². The van der Waals surface area contributed by atoms with Crippen molar-refractivity contribution in [3.05, 3.63) is 36.8 Å².